The minimum Gasteiger partial charge on any atom is -0.354 e. The molecule has 3 aliphatic rings. The third-order valence-electron chi connectivity index (χ3n) is 5.15. The van der Waals surface area contributed by atoms with Crippen LogP contribution in [0.3, 0.4) is 0 Å². The second kappa shape index (κ2) is 7.54. The second-order valence-electron chi connectivity index (χ2n) is 6.27. The van der Waals surface area contributed by atoms with Gasteiger partial charge in [0, 0.05) is 38.9 Å². The highest BCUT2D eigenvalue weighted by Crippen LogP contribution is 2.48. The SMILES string of the molecule is Cl.Cl.Clc1ccc(N2CCN(CC3[C@H]4CNC[C@@H]34)CC2)nc1. The van der Waals surface area contributed by atoms with E-state index >= 15 is 0 Å². The first-order valence-electron chi connectivity index (χ1n) is 7.61. The van der Waals surface area contributed by atoms with Gasteiger partial charge in [0.25, 0.3) is 0 Å². The summed E-state index contributed by atoms with van der Waals surface area (Å²) in [6, 6.07) is 3.95. The third-order valence-corrected chi connectivity index (χ3v) is 5.37. The zero-order valence-electron chi connectivity index (χ0n) is 12.4. The molecule has 0 aromatic carbocycles. The highest BCUT2D eigenvalue weighted by molar-refractivity contribution is 6.30. The summed E-state index contributed by atoms with van der Waals surface area (Å²) in [7, 11) is 0. The summed E-state index contributed by atoms with van der Waals surface area (Å²) in [4.78, 5) is 9.41. The minimum atomic E-state index is 0. The maximum atomic E-state index is 5.89. The third kappa shape index (κ3) is 3.62. The van der Waals surface area contributed by atoms with Gasteiger partial charge in [-0.2, -0.15) is 0 Å². The van der Waals surface area contributed by atoms with Gasteiger partial charge in [-0.15, -0.1) is 24.8 Å². The molecule has 4 rings (SSSR count). The number of aromatic nitrogens is 1. The van der Waals surface area contributed by atoms with Crippen molar-refractivity contribution in [1.29, 1.82) is 0 Å². The Kier molecular flexibility index (Phi) is 6.20. The summed E-state index contributed by atoms with van der Waals surface area (Å²) in [6.45, 7) is 8.29. The Bertz CT molecular complexity index is 466. The number of hydrogen-bond donors (Lipinski definition) is 1. The van der Waals surface area contributed by atoms with E-state index in [-0.39, 0.29) is 24.8 Å². The summed E-state index contributed by atoms with van der Waals surface area (Å²) in [6.07, 6.45) is 1.74. The zero-order valence-corrected chi connectivity index (χ0v) is 14.8. The number of piperazine rings is 1. The molecule has 1 aliphatic carbocycles. The van der Waals surface area contributed by atoms with Crippen LogP contribution in [0.2, 0.25) is 5.02 Å². The van der Waals surface area contributed by atoms with Crippen LogP contribution in [0.4, 0.5) is 5.82 Å². The van der Waals surface area contributed by atoms with Crippen molar-refractivity contribution in [3.05, 3.63) is 23.4 Å². The average Bonchev–Trinajstić information content (AvgIpc) is 2.91. The van der Waals surface area contributed by atoms with E-state index < -0.39 is 0 Å². The number of nitrogens with zero attached hydrogens (tertiary/aromatic N) is 3. The average molecular weight is 366 g/mol. The van der Waals surface area contributed by atoms with E-state index in [1.807, 2.05) is 12.1 Å². The molecule has 2 saturated heterocycles. The van der Waals surface area contributed by atoms with Crippen molar-refractivity contribution in [1.82, 2.24) is 15.2 Å². The van der Waals surface area contributed by atoms with E-state index in [0.717, 1.165) is 49.8 Å². The predicted molar refractivity (Wildman–Crippen MR) is 95.7 cm³/mol. The van der Waals surface area contributed by atoms with Crippen molar-refractivity contribution in [2.75, 3.05) is 50.7 Å². The summed E-state index contributed by atoms with van der Waals surface area (Å²) >= 11 is 5.89. The van der Waals surface area contributed by atoms with Crippen molar-refractivity contribution in [2.45, 2.75) is 0 Å². The molecule has 1 saturated carbocycles. The minimum absolute atomic E-state index is 0. The first-order valence-corrected chi connectivity index (χ1v) is 7.98. The number of nitrogens with one attached hydrogen (secondary N) is 1. The molecule has 4 nitrogen and oxygen atoms in total. The van der Waals surface area contributed by atoms with Gasteiger partial charge in [-0.1, -0.05) is 11.6 Å². The second-order valence-corrected chi connectivity index (χ2v) is 6.71. The number of pyridine rings is 1. The van der Waals surface area contributed by atoms with Crippen LogP contribution in [-0.2, 0) is 0 Å². The van der Waals surface area contributed by atoms with Crippen molar-refractivity contribution in [3.8, 4) is 0 Å². The fourth-order valence-corrected chi connectivity index (χ4v) is 3.94. The lowest BCUT2D eigenvalue weighted by atomic mass is 10.2. The summed E-state index contributed by atoms with van der Waals surface area (Å²) in [5, 5.41) is 4.19. The Labute approximate surface area is 149 Å². The van der Waals surface area contributed by atoms with Crippen LogP contribution in [0.1, 0.15) is 0 Å². The molecule has 3 fully saturated rings. The number of hydrogen-bond acceptors (Lipinski definition) is 4. The molecule has 0 spiro atoms. The van der Waals surface area contributed by atoms with Gasteiger partial charge in [0.2, 0.25) is 0 Å². The van der Waals surface area contributed by atoms with E-state index in [1.165, 1.54) is 19.6 Å². The first-order chi connectivity index (χ1) is 9.81. The topological polar surface area (TPSA) is 31.4 Å². The number of fused-ring (bicyclic) bond motifs is 1. The van der Waals surface area contributed by atoms with Gasteiger partial charge in [-0.05, 0) is 43.0 Å². The fourth-order valence-electron chi connectivity index (χ4n) is 3.83. The van der Waals surface area contributed by atoms with Gasteiger partial charge in [0.15, 0.2) is 0 Å². The standard InChI is InChI=1S/C15H21ClN4.2ClH/c16-11-1-2-15(18-7-11)20-5-3-19(4-6-20)10-14-12-8-17-9-13(12)14;;/h1-2,7,12-14,17H,3-6,8-10H2;2*1H/t12-,13+,14?;;. The van der Waals surface area contributed by atoms with Crippen LogP contribution in [0.5, 0.6) is 0 Å². The number of halogens is 3. The van der Waals surface area contributed by atoms with Crippen LogP contribution in [0.25, 0.3) is 0 Å². The van der Waals surface area contributed by atoms with Crippen LogP contribution < -0.4 is 10.2 Å². The Balaban J connectivity index is 0.000000882. The van der Waals surface area contributed by atoms with E-state index in [1.54, 1.807) is 6.20 Å². The summed E-state index contributed by atoms with van der Waals surface area (Å²) in [5.74, 6) is 3.98. The van der Waals surface area contributed by atoms with Crippen molar-refractivity contribution in [2.24, 2.45) is 17.8 Å². The molecule has 1 N–H and O–H groups in total. The highest BCUT2D eigenvalue weighted by atomic mass is 35.5. The fraction of sp³-hybridized carbons (Fsp3) is 0.667. The molecular formula is C15H23Cl3N4. The zero-order chi connectivity index (χ0) is 13.5. The Morgan fingerprint density at radius 2 is 1.77 bits per heavy atom. The molecule has 3 heterocycles. The van der Waals surface area contributed by atoms with E-state index in [4.69, 9.17) is 11.6 Å². The Morgan fingerprint density at radius 3 is 2.36 bits per heavy atom. The van der Waals surface area contributed by atoms with Crippen molar-refractivity contribution in [3.63, 3.8) is 0 Å². The van der Waals surface area contributed by atoms with Gasteiger partial charge in [-0.3, -0.25) is 4.90 Å². The molecule has 0 radical (unpaired) electrons. The molecule has 124 valence electrons. The van der Waals surface area contributed by atoms with Crippen molar-refractivity contribution >= 4 is 42.2 Å². The highest BCUT2D eigenvalue weighted by Gasteiger charge is 2.52. The molecular weight excluding hydrogens is 343 g/mol. The molecule has 0 bridgehead atoms. The van der Waals surface area contributed by atoms with Gasteiger partial charge in [0.05, 0.1) is 5.02 Å². The molecule has 7 heteroatoms. The predicted octanol–water partition coefficient (Wildman–Crippen LogP) is 2.17. The quantitative estimate of drug-likeness (QED) is 0.889. The lowest BCUT2D eigenvalue weighted by Gasteiger charge is -2.35. The molecule has 1 aromatic heterocycles. The lowest BCUT2D eigenvalue weighted by Crippen LogP contribution is -2.47. The lowest BCUT2D eigenvalue weighted by molar-refractivity contribution is 0.237. The molecule has 22 heavy (non-hydrogen) atoms. The number of rotatable bonds is 3. The molecule has 1 unspecified atom stereocenters. The van der Waals surface area contributed by atoms with Crippen LogP contribution >= 0.6 is 36.4 Å². The van der Waals surface area contributed by atoms with E-state index in [2.05, 4.69) is 20.1 Å². The molecule has 1 aromatic rings. The molecule has 0 amide bonds. The maximum absolute atomic E-state index is 5.89. The monoisotopic (exact) mass is 364 g/mol. The molecule has 2 aliphatic heterocycles. The summed E-state index contributed by atoms with van der Waals surface area (Å²) in [5.41, 5.74) is 0. The van der Waals surface area contributed by atoms with Gasteiger partial charge in [-0.25, -0.2) is 4.98 Å². The molecule has 3 atom stereocenters. The van der Waals surface area contributed by atoms with Crippen LogP contribution in [0, 0.1) is 17.8 Å². The number of anilines is 1. The van der Waals surface area contributed by atoms with Gasteiger partial charge in [0.1, 0.15) is 5.82 Å². The van der Waals surface area contributed by atoms with Crippen molar-refractivity contribution < 1.29 is 0 Å². The maximum Gasteiger partial charge on any atom is 0.128 e. The Morgan fingerprint density at radius 1 is 1.09 bits per heavy atom. The van der Waals surface area contributed by atoms with E-state index in [9.17, 15) is 0 Å². The van der Waals surface area contributed by atoms with Gasteiger partial charge < -0.3 is 10.2 Å². The largest absolute Gasteiger partial charge is 0.354 e. The van der Waals surface area contributed by atoms with E-state index in [0.29, 0.717) is 5.02 Å². The summed E-state index contributed by atoms with van der Waals surface area (Å²) < 4.78 is 0. The smallest absolute Gasteiger partial charge is 0.128 e. The van der Waals surface area contributed by atoms with Gasteiger partial charge >= 0.3 is 0 Å². The number of piperidine rings is 1. The first kappa shape index (κ1) is 18.1. The van der Waals surface area contributed by atoms with Crippen LogP contribution in [-0.4, -0.2) is 55.7 Å². The Hall–Kier alpha value is -0.260. The van der Waals surface area contributed by atoms with Crippen LogP contribution in [0.15, 0.2) is 18.3 Å². The normalized spacial score (nSPS) is 30.2.